The molecule has 0 aliphatic carbocycles. The maximum absolute atomic E-state index is 6.21. The summed E-state index contributed by atoms with van der Waals surface area (Å²) in [6.45, 7) is 3.57. The van der Waals surface area contributed by atoms with Crippen molar-refractivity contribution in [3.8, 4) is 0 Å². The van der Waals surface area contributed by atoms with Crippen molar-refractivity contribution in [1.29, 1.82) is 0 Å². The molecule has 2 aromatic heterocycles. The second kappa shape index (κ2) is 5.42. The molecule has 0 N–H and O–H groups in total. The summed E-state index contributed by atoms with van der Waals surface area (Å²) in [6, 6.07) is 11.6. The van der Waals surface area contributed by atoms with Crippen LogP contribution < -0.4 is 4.90 Å². The molecular weight excluding hydrogens is 276 g/mol. The van der Waals surface area contributed by atoms with E-state index in [0.717, 1.165) is 22.9 Å². The lowest BCUT2D eigenvalue weighted by Gasteiger charge is -2.22. The van der Waals surface area contributed by atoms with E-state index in [1.54, 1.807) is 0 Å². The molecule has 0 fully saturated rings. The molecule has 0 radical (unpaired) electrons. The van der Waals surface area contributed by atoms with Gasteiger partial charge in [0.05, 0.1) is 0 Å². The Morgan fingerprint density at radius 3 is 2.85 bits per heavy atom. The SMILES string of the molecule is CCN(Cc1ccccc1Cl)c1ccc2nnnn2n1. The first-order chi connectivity index (χ1) is 9.78. The molecule has 102 valence electrons. The summed E-state index contributed by atoms with van der Waals surface area (Å²) in [5.41, 5.74) is 1.69. The number of tetrazole rings is 1. The van der Waals surface area contributed by atoms with Gasteiger partial charge in [-0.05, 0) is 41.1 Å². The molecule has 0 amide bonds. The fourth-order valence-corrected chi connectivity index (χ4v) is 2.19. The molecule has 7 heteroatoms. The van der Waals surface area contributed by atoms with Crippen molar-refractivity contribution in [2.45, 2.75) is 13.5 Å². The lowest BCUT2D eigenvalue weighted by Crippen LogP contribution is -2.24. The molecule has 0 saturated carbocycles. The Morgan fingerprint density at radius 2 is 2.05 bits per heavy atom. The second-order valence-electron chi connectivity index (χ2n) is 4.32. The Labute approximate surface area is 121 Å². The quantitative estimate of drug-likeness (QED) is 0.736. The first-order valence-corrected chi connectivity index (χ1v) is 6.69. The molecule has 0 bridgehead atoms. The minimum atomic E-state index is 0.627. The Kier molecular flexibility index (Phi) is 3.47. The van der Waals surface area contributed by atoms with Crippen LogP contribution in [0.25, 0.3) is 5.65 Å². The Balaban J connectivity index is 1.91. The summed E-state index contributed by atoms with van der Waals surface area (Å²) in [4.78, 5) is 2.11. The summed E-state index contributed by atoms with van der Waals surface area (Å²) in [6.07, 6.45) is 0. The van der Waals surface area contributed by atoms with Crippen LogP contribution in [0.2, 0.25) is 5.02 Å². The van der Waals surface area contributed by atoms with Gasteiger partial charge in [0.1, 0.15) is 0 Å². The summed E-state index contributed by atoms with van der Waals surface area (Å²) < 4.78 is 1.42. The Hall–Kier alpha value is -2.21. The number of anilines is 1. The largest absolute Gasteiger partial charge is 0.351 e. The van der Waals surface area contributed by atoms with Crippen molar-refractivity contribution in [1.82, 2.24) is 25.3 Å². The van der Waals surface area contributed by atoms with Gasteiger partial charge >= 0.3 is 0 Å². The highest BCUT2D eigenvalue weighted by molar-refractivity contribution is 6.31. The average Bonchev–Trinajstić information content (AvgIpc) is 2.94. The molecule has 0 atom stereocenters. The van der Waals surface area contributed by atoms with Gasteiger partial charge in [0.15, 0.2) is 11.5 Å². The van der Waals surface area contributed by atoms with E-state index in [0.29, 0.717) is 12.2 Å². The van der Waals surface area contributed by atoms with Crippen LogP contribution in [0.5, 0.6) is 0 Å². The normalized spacial score (nSPS) is 10.9. The van der Waals surface area contributed by atoms with Gasteiger partial charge in [-0.1, -0.05) is 29.8 Å². The van der Waals surface area contributed by atoms with Crippen molar-refractivity contribution in [3.05, 3.63) is 47.0 Å². The fraction of sp³-hybridized carbons (Fsp3) is 0.231. The van der Waals surface area contributed by atoms with Crippen molar-refractivity contribution in [2.75, 3.05) is 11.4 Å². The standard InChI is InChI=1S/C13H13ClN6/c1-2-19(9-10-5-3-4-6-11(10)14)13-8-7-12-15-17-18-20(12)16-13/h3-8H,2,9H2,1H3. The first-order valence-electron chi connectivity index (χ1n) is 6.31. The average molecular weight is 289 g/mol. The van der Waals surface area contributed by atoms with E-state index in [1.165, 1.54) is 4.63 Å². The fourth-order valence-electron chi connectivity index (χ4n) is 2.00. The summed E-state index contributed by atoms with van der Waals surface area (Å²) in [7, 11) is 0. The zero-order valence-electron chi connectivity index (χ0n) is 10.9. The monoisotopic (exact) mass is 288 g/mol. The maximum Gasteiger partial charge on any atom is 0.200 e. The smallest absolute Gasteiger partial charge is 0.200 e. The maximum atomic E-state index is 6.21. The van der Waals surface area contributed by atoms with Crippen LogP contribution in [0.4, 0.5) is 5.82 Å². The van der Waals surface area contributed by atoms with E-state index in [-0.39, 0.29) is 0 Å². The van der Waals surface area contributed by atoms with Crippen molar-refractivity contribution in [2.24, 2.45) is 0 Å². The molecule has 1 aromatic carbocycles. The minimum Gasteiger partial charge on any atom is -0.351 e. The molecule has 20 heavy (non-hydrogen) atoms. The van der Waals surface area contributed by atoms with Crippen LogP contribution in [0.15, 0.2) is 36.4 Å². The van der Waals surface area contributed by atoms with E-state index < -0.39 is 0 Å². The van der Waals surface area contributed by atoms with Crippen LogP contribution in [0.1, 0.15) is 12.5 Å². The van der Waals surface area contributed by atoms with Crippen LogP contribution in [0.3, 0.4) is 0 Å². The lowest BCUT2D eigenvalue weighted by atomic mass is 10.2. The predicted molar refractivity (Wildman–Crippen MR) is 76.8 cm³/mol. The highest BCUT2D eigenvalue weighted by Gasteiger charge is 2.10. The van der Waals surface area contributed by atoms with Gasteiger partial charge in [0.2, 0.25) is 0 Å². The van der Waals surface area contributed by atoms with Crippen molar-refractivity contribution < 1.29 is 0 Å². The molecule has 6 nitrogen and oxygen atoms in total. The van der Waals surface area contributed by atoms with Gasteiger partial charge in [-0.25, -0.2) is 0 Å². The molecule has 0 unspecified atom stereocenters. The molecule has 0 spiro atoms. The first kappa shape index (κ1) is 12.8. The number of hydrogen-bond acceptors (Lipinski definition) is 5. The molecule has 0 aliphatic heterocycles. The number of benzene rings is 1. The zero-order valence-corrected chi connectivity index (χ0v) is 11.7. The van der Waals surface area contributed by atoms with E-state index in [1.807, 2.05) is 36.4 Å². The van der Waals surface area contributed by atoms with Gasteiger partial charge in [0.25, 0.3) is 0 Å². The molecule has 0 saturated heterocycles. The Morgan fingerprint density at radius 1 is 1.20 bits per heavy atom. The van der Waals surface area contributed by atoms with Crippen LogP contribution >= 0.6 is 11.6 Å². The van der Waals surface area contributed by atoms with E-state index in [2.05, 4.69) is 32.4 Å². The summed E-state index contributed by atoms with van der Waals surface area (Å²) >= 11 is 6.21. The van der Waals surface area contributed by atoms with Gasteiger partial charge in [-0.3, -0.25) is 0 Å². The third-order valence-electron chi connectivity index (χ3n) is 3.08. The van der Waals surface area contributed by atoms with Crippen LogP contribution in [0, 0.1) is 0 Å². The topological polar surface area (TPSA) is 59.2 Å². The zero-order chi connectivity index (χ0) is 13.9. The number of halogens is 1. The number of nitrogens with zero attached hydrogens (tertiary/aromatic N) is 6. The summed E-state index contributed by atoms with van der Waals surface area (Å²) in [5.74, 6) is 0.812. The molecule has 3 aromatic rings. The third-order valence-corrected chi connectivity index (χ3v) is 3.45. The number of fused-ring (bicyclic) bond motifs is 1. The molecule has 3 rings (SSSR count). The van der Waals surface area contributed by atoms with Crippen LogP contribution in [-0.2, 0) is 6.54 Å². The van der Waals surface area contributed by atoms with Gasteiger partial charge < -0.3 is 4.90 Å². The van der Waals surface area contributed by atoms with Gasteiger partial charge in [0, 0.05) is 18.1 Å². The van der Waals surface area contributed by atoms with Crippen LogP contribution in [-0.4, -0.2) is 31.8 Å². The van der Waals surface area contributed by atoms with Gasteiger partial charge in [-0.2, -0.15) is 0 Å². The number of aromatic nitrogens is 5. The lowest BCUT2D eigenvalue weighted by molar-refractivity contribution is 0.708. The molecular formula is C13H13ClN6. The highest BCUT2D eigenvalue weighted by atomic mass is 35.5. The summed E-state index contributed by atoms with van der Waals surface area (Å²) in [5, 5.41) is 16.4. The number of hydrogen-bond donors (Lipinski definition) is 0. The molecule has 2 heterocycles. The third kappa shape index (κ3) is 2.42. The van der Waals surface area contributed by atoms with E-state index >= 15 is 0 Å². The van der Waals surface area contributed by atoms with Crippen molar-refractivity contribution >= 4 is 23.1 Å². The number of rotatable bonds is 4. The van der Waals surface area contributed by atoms with Gasteiger partial charge in [-0.15, -0.1) is 14.8 Å². The minimum absolute atomic E-state index is 0.627. The van der Waals surface area contributed by atoms with E-state index in [9.17, 15) is 0 Å². The van der Waals surface area contributed by atoms with E-state index in [4.69, 9.17) is 11.6 Å². The molecule has 0 aliphatic rings. The highest BCUT2D eigenvalue weighted by Crippen LogP contribution is 2.20. The predicted octanol–water partition coefficient (Wildman–Crippen LogP) is 2.20. The Bertz CT molecular complexity index is 725. The van der Waals surface area contributed by atoms with Crippen molar-refractivity contribution in [3.63, 3.8) is 0 Å². The second-order valence-corrected chi connectivity index (χ2v) is 4.73.